The van der Waals surface area contributed by atoms with Crippen LogP contribution in [0, 0.1) is 10.1 Å². The van der Waals surface area contributed by atoms with Gasteiger partial charge in [0.2, 0.25) is 5.91 Å². The molecular formula is C16H27N5O8. The Kier molecular flexibility index (Phi) is 13.0. The van der Waals surface area contributed by atoms with Gasteiger partial charge in [0.05, 0.1) is 64.8 Å². The summed E-state index contributed by atoms with van der Waals surface area (Å²) in [6.45, 7) is 3.17. The van der Waals surface area contributed by atoms with Crippen LogP contribution >= 0.6 is 0 Å². The zero-order valence-electron chi connectivity index (χ0n) is 16.0. The predicted octanol–water partition coefficient (Wildman–Crippen LogP) is -0.901. The number of hydrogen-bond donors (Lipinski definition) is 4. The van der Waals surface area contributed by atoms with E-state index in [0.717, 1.165) is 0 Å². The fraction of sp³-hybridized carbons (Fsp3) is 0.625. The molecule has 1 heterocycles. The number of aromatic nitrogens is 1. The second-order valence-corrected chi connectivity index (χ2v) is 5.55. The number of nitrogens with two attached hydrogens (primary N) is 1. The minimum Gasteiger partial charge on any atom is -0.379 e. The van der Waals surface area contributed by atoms with E-state index in [4.69, 9.17) is 24.8 Å². The van der Waals surface area contributed by atoms with Crippen LogP contribution in [-0.4, -0.2) is 81.1 Å². The van der Waals surface area contributed by atoms with Gasteiger partial charge in [-0.15, -0.1) is 0 Å². The van der Waals surface area contributed by atoms with E-state index in [0.29, 0.717) is 39.6 Å². The van der Waals surface area contributed by atoms with Gasteiger partial charge in [-0.25, -0.2) is 10.8 Å². The molecule has 0 saturated heterocycles. The third-order valence-electron chi connectivity index (χ3n) is 3.41. The van der Waals surface area contributed by atoms with Crippen LogP contribution in [0.25, 0.3) is 0 Å². The molecule has 0 fully saturated rings. The molecule has 1 aromatic rings. The number of amides is 2. The molecule has 29 heavy (non-hydrogen) atoms. The molecule has 0 bridgehead atoms. The SMILES string of the molecule is NNC(=O)CCOCCOCCOCCOCCNC(=O)c1c[nH]c([N+](=O)[O-])c1. The number of hydrogen-bond acceptors (Lipinski definition) is 9. The average molecular weight is 417 g/mol. The summed E-state index contributed by atoms with van der Waals surface area (Å²) in [7, 11) is 0. The van der Waals surface area contributed by atoms with Gasteiger partial charge < -0.3 is 34.4 Å². The number of nitro groups is 1. The summed E-state index contributed by atoms with van der Waals surface area (Å²) in [6, 6.07) is 1.17. The number of rotatable bonds is 17. The molecule has 0 aromatic carbocycles. The van der Waals surface area contributed by atoms with Gasteiger partial charge in [-0.05, 0) is 4.92 Å². The van der Waals surface area contributed by atoms with Crippen LogP contribution in [0.15, 0.2) is 12.3 Å². The topological polar surface area (TPSA) is 180 Å². The molecule has 0 aliphatic heterocycles. The Labute approximate surface area is 167 Å². The maximum atomic E-state index is 11.8. The Bertz CT molecular complexity index is 624. The summed E-state index contributed by atoms with van der Waals surface area (Å²) >= 11 is 0. The number of nitrogens with zero attached hydrogens (tertiary/aromatic N) is 1. The monoisotopic (exact) mass is 417 g/mol. The van der Waals surface area contributed by atoms with Crippen LogP contribution in [0.4, 0.5) is 5.82 Å². The third kappa shape index (κ3) is 11.8. The van der Waals surface area contributed by atoms with E-state index in [1.807, 2.05) is 5.43 Å². The van der Waals surface area contributed by atoms with E-state index in [2.05, 4.69) is 10.3 Å². The van der Waals surface area contributed by atoms with Crippen LogP contribution in [0.5, 0.6) is 0 Å². The summed E-state index contributed by atoms with van der Waals surface area (Å²) < 4.78 is 21.1. The van der Waals surface area contributed by atoms with Gasteiger partial charge in [0.25, 0.3) is 5.91 Å². The zero-order valence-corrected chi connectivity index (χ0v) is 16.0. The van der Waals surface area contributed by atoms with Gasteiger partial charge in [-0.2, -0.15) is 0 Å². The second-order valence-electron chi connectivity index (χ2n) is 5.55. The van der Waals surface area contributed by atoms with E-state index < -0.39 is 10.8 Å². The molecule has 0 radical (unpaired) electrons. The highest BCUT2D eigenvalue weighted by atomic mass is 16.6. The van der Waals surface area contributed by atoms with Gasteiger partial charge in [-0.1, -0.05) is 0 Å². The first kappa shape index (κ1) is 24.5. The number of ether oxygens (including phenoxy) is 4. The Morgan fingerprint density at radius 2 is 1.55 bits per heavy atom. The highest BCUT2D eigenvalue weighted by molar-refractivity contribution is 5.94. The molecule has 1 aromatic heterocycles. The van der Waals surface area contributed by atoms with Crippen molar-refractivity contribution in [3.8, 4) is 0 Å². The molecule has 13 nitrogen and oxygen atoms in total. The van der Waals surface area contributed by atoms with Crippen LogP contribution in [0.1, 0.15) is 16.8 Å². The van der Waals surface area contributed by atoms with E-state index in [1.54, 1.807) is 0 Å². The summed E-state index contributed by atoms with van der Waals surface area (Å²) in [5, 5.41) is 13.1. The molecular weight excluding hydrogens is 390 g/mol. The molecule has 13 heteroatoms. The van der Waals surface area contributed by atoms with Crippen molar-refractivity contribution in [2.75, 3.05) is 59.4 Å². The van der Waals surface area contributed by atoms with Gasteiger partial charge >= 0.3 is 5.82 Å². The lowest BCUT2D eigenvalue weighted by molar-refractivity contribution is -0.389. The van der Waals surface area contributed by atoms with E-state index in [-0.39, 0.29) is 43.5 Å². The fourth-order valence-electron chi connectivity index (χ4n) is 1.96. The summed E-state index contributed by atoms with van der Waals surface area (Å²) in [5.74, 6) is 3.99. The van der Waals surface area contributed by atoms with Crippen LogP contribution in [-0.2, 0) is 23.7 Å². The minimum absolute atomic E-state index is 0.187. The van der Waals surface area contributed by atoms with Crippen molar-refractivity contribution in [3.05, 3.63) is 27.9 Å². The first-order valence-corrected chi connectivity index (χ1v) is 8.96. The van der Waals surface area contributed by atoms with Crippen molar-refractivity contribution >= 4 is 17.6 Å². The summed E-state index contributed by atoms with van der Waals surface area (Å²) in [6.07, 6.45) is 1.48. The Hall–Kier alpha value is -2.58. The minimum atomic E-state index is -0.606. The van der Waals surface area contributed by atoms with Crippen molar-refractivity contribution in [1.82, 2.24) is 15.7 Å². The molecule has 1 rings (SSSR count). The average Bonchev–Trinajstić information content (AvgIpc) is 3.21. The number of nitrogens with one attached hydrogen (secondary N) is 3. The van der Waals surface area contributed by atoms with Gasteiger partial charge in [0.15, 0.2) is 0 Å². The summed E-state index contributed by atoms with van der Waals surface area (Å²) in [4.78, 5) is 34.9. The number of carbonyl (C=O) groups excluding carboxylic acids is 2. The van der Waals surface area contributed by atoms with E-state index in [1.165, 1.54) is 12.3 Å². The Balaban J connectivity index is 1.84. The lowest BCUT2D eigenvalue weighted by Gasteiger charge is -2.08. The van der Waals surface area contributed by atoms with Crippen molar-refractivity contribution in [3.63, 3.8) is 0 Å². The Morgan fingerprint density at radius 3 is 2.07 bits per heavy atom. The molecule has 0 saturated carbocycles. The molecule has 5 N–H and O–H groups in total. The molecule has 0 aliphatic carbocycles. The highest BCUT2D eigenvalue weighted by Crippen LogP contribution is 2.10. The van der Waals surface area contributed by atoms with Crippen molar-refractivity contribution in [1.29, 1.82) is 0 Å². The molecule has 2 amide bonds. The number of carbonyl (C=O) groups is 2. The lowest BCUT2D eigenvalue weighted by atomic mass is 10.3. The first-order valence-electron chi connectivity index (χ1n) is 8.96. The molecule has 164 valence electrons. The number of H-pyrrole nitrogens is 1. The largest absolute Gasteiger partial charge is 0.379 e. The standard InChI is InChI=1S/C16H27N5O8/c17-20-15(22)1-3-26-5-7-28-9-10-29-8-6-27-4-2-18-16(23)13-11-14(19-12-13)21(24)25/h11-12,19H,1-10,17H2,(H,18,23)(H,20,22). The Morgan fingerprint density at radius 1 is 1.00 bits per heavy atom. The first-order chi connectivity index (χ1) is 14.0. The third-order valence-corrected chi connectivity index (χ3v) is 3.41. The van der Waals surface area contributed by atoms with Crippen molar-refractivity contribution < 1.29 is 33.5 Å². The fourth-order valence-corrected chi connectivity index (χ4v) is 1.96. The smallest absolute Gasteiger partial charge is 0.321 e. The van der Waals surface area contributed by atoms with Crippen molar-refractivity contribution in [2.45, 2.75) is 6.42 Å². The quantitative estimate of drug-likeness (QED) is 0.0821. The molecule has 0 spiro atoms. The van der Waals surface area contributed by atoms with Gasteiger partial charge in [-0.3, -0.25) is 15.0 Å². The van der Waals surface area contributed by atoms with Gasteiger partial charge in [0.1, 0.15) is 6.20 Å². The maximum absolute atomic E-state index is 11.8. The van der Waals surface area contributed by atoms with E-state index >= 15 is 0 Å². The molecule has 0 atom stereocenters. The zero-order chi connectivity index (χ0) is 21.3. The molecule has 0 aliphatic rings. The van der Waals surface area contributed by atoms with Crippen molar-refractivity contribution in [2.24, 2.45) is 5.84 Å². The lowest BCUT2D eigenvalue weighted by Crippen LogP contribution is -2.30. The van der Waals surface area contributed by atoms with Crippen LogP contribution in [0.3, 0.4) is 0 Å². The van der Waals surface area contributed by atoms with Crippen LogP contribution in [0.2, 0.25) is 0 Å². The van der Waals surface area contributed by atoms with Gasteiger partial charge in [0, 0.05) is 12.6 Å². The number of aromatic amines is 1. The normalized spacial score (nSPS) is 10.7. The summed E-state index contributed by atoms with van der Waals surface area (Å²) in [5.41, 5.74) is 2.20. The van der Waals surface area contributed by atoms with Crippen LogP contribution < -0.4 is 16.6 Å². The highest BCUT2D eigenvalue weighted by Gasteiger charge is 2.13. The maximum Gasteiger partial charge on any atom is 0.321 e. The predicted molar refractivity (Wildman–Crippen MR) is 100 cm³/mol. The van der Waals surface area contributed by atoms with E-state index in [9.17, 15) is 19.7 Å². The number of hydrazine groups is 1. The second kappa shape index (κ2) is 15.4. The molecule has 0 unspecified atom stereocenters.